The Morgan fingerprint density at radius 3 is 2.42 bits per heavy atom. The van der Waals surface area contributed by atoms with Gasteiger partial charge in [-0.1, -0.05) is 11.6 Å². The van der Waals surface area contributed by atoms with E-state index in [4.69, 9.17) is 25.8 Å². The zero-order valence-corrected chi connectivity index (χ0v) is 20.1. The average molecular weight is 512 g/mol. The van der Waals surface area contributed by atoms with Crippen LogP contribution in [0.4, 0.5) is 5.69 Å². The minimum Gasteiger partial charge on any atom is -0.490 e. The number of hydrogen-bond donors (Lipinski definition) is 1. The van der Waals surface area contributed by atoms with Crippen molar-refractivity contribution in [2.75, 3.05) is 6.61 Å². The Labute approximate surface area is 211 Å². The molecule has 0 heterocycles. The molecule has 3 aromatic carbocycles. The fraction of sp³-hybridized carbons (Fsp3) is 0.160. The van der Waals surface area contributed by atoms with Crippen LogP contribution in [-0.2, 0) is 4.79 Å². The SMILES string of the molecule is CCOc1cc(/C=N\NC(=O)[C@@H](C)Oc2ccc([N+](=O)[O-])cc2)ccc1OC(=O)c1ccc(Cl)cc1. The maximum Gasteiger partial charge on any atom is 0.343 e. The second kappa shape index (κ2) is 12.3. The van der Waals surface area contributed by atoms with Crippen LogP contribution in [0.5, 0.6) is 17.2 Å². The number of esters is 1. The lowest BCUT2D eigenvalue weighted by Gasteiger charge is -2.13. The van der Waals surface area contributed by atoms with Gasteiger partial charge in [0, 0.05) is 17.2 Å². The number of non-ortho nitro benzene ring substituents is 1. The number of halogens is 1. The van der Waals surface area contributed by atoms with Crippen molar-refractivity contribution in [3.05, 3.63) is 93.0 Å². The van der Waals surface area contributed by atoms with Gasteiger partial charge in [0.2, 0.25) is 0 Å². The highest BCUT2D eigenvalue weighted by Crippen LogP contribution is 2.29. The largest absolute Gasteiger partial charge is 0.490 e. The lowest BCUT2D eigenvalue weighted by molar-refractivity contribution is -0.384. The zero-order valence-electron chi connectivity index (χ0n) is 19.3. The Morgan fingerprint density at radius 1 is 1.08 bits per heavy atom. The molecule has 186 valence electrons. The molecule has 0 aliphatic carbocycles. The molecule has 0 radical (unpaired) electrons. The molecule has 0 saturated heterocycles. The molecular formula is C25H22ClN3O7. The third-order valence-corrected chi connectivity index (χ3v) is 4.92. The standard InChI is InChI=1S/C25H22ClN3O7/c1-3-34-23-14-17(4-13-22(23)36-25(31)18-5-7-19(26)8-6-18)15-27-28-24(30)16(2)35-21-11-9-20(10-12-21)29(32)33/h4-16H,3H2,1-2H3,(H,28,30)/b27-15-/t16-/m1/s1. The fourth-order valence-electron chi connectivity index (χ4n) is 2.87. The predicted molar refractivity (Wildman–Crippen MR) is 133 cm³/mol. The number of carbonyl (C=O) groups excluding carboxylic acids is 2. The number of nitrogens with zero attached hydrogens (tertiary/aromatic N) is 2. The number of hydrogen-bond acceptors (Lipinski definition) is 8. The van der Waals surface area contributed by atoms with Gasteiger partial charge < -0.3 is 14.2 Å². The molecule has 0 aliphatic heterocycles. The average Bonchev–Trinajstić information content (AvgIpc) is 2.86. The van der Waals surface area contributed by atoms with E-state index in [0.29, 0.717) is 34.3 Å². The van der Waals surface area contributed by atoms with E-state index in [1.54, 1.807) is 49.4 Å². The second-order valence-corrected chi connectivity index (χ2v) is 7.72. The highest BCUT2D eigenvalue weighted by molar-refractivity contribution is 6.30. The fourth-order valence-corrected chi connectivity index (χ4v) is 2.99. The Hall–Kier alpha value is -4.44. The van der Waals surface area contributed by atoms with E-state index in [2.05, 4.69) is 10.5 Å². The van der Waals surface area contributed by atoms with Crippen LogP contribution in [0.15, 0.2) is 71.8 Å². The smallest absolute Gasteiger partial charge is 0.343 e. The number of amides is 1. The van der Waals surface area contributed by atoms with Gasteiger partial charge in [-0.05, 0) is 74.0 Å². The van der Waals surface area contributed by atoms with Gasteiger partial charge in [-0.2, -0.15) is 5.10 Å². The Bertz CT molecular complexity index is 1260. The second-order valence-electron chi connectivity index (χ2n) is 7.28. The van der Waals surface area contributed by atoms with Gasteiger partial charge >= 0.3 is 5.97 Å². The first-order valence-electron chi connectivity index (χ1n) is 10.8. The van der Waals surface area contributed by atoms with Gasteiger partial charge in [-0.3, -0.25) is 14.9 Å². The van der Waals surface area contributed by atoms with Crippen molar-refractivity contribution in [2.24, 2.45) is 5.10 Å². The summed E-state index contributed by atoms with van der Waals surface area (Å²) in [7, 11) is 0. The quantitative estimate of drug-likeness (QED) is 0.136. The first-order chi connectivity index (χ1) is 17.3. The van der Waals surface area contributed by atoms with Crippen molar-refractivity contribution in [1.82, 2.24) is 5.43 Å². The number of rotatable bonds is 10. The van der Waals surface area contributed by atoms with E-state index in [-0.39, 0.29) is 11.4 Å². The summed E-state index contributed by atoms with van der Waals surface area (Å²) in [5.74, 6) is -0.239. The molecule has 11 heteroatoms. The predicted octanol–water partition coefficient (Wildman–Crippen LogP) is 4.78. The highest BCUT2D eigenvalue weighted by Gasteiger charge is 2.16. The van der Waals surface area contributed by atoms with Gasteiger partial charge in [0.15, 0.2) is 17.6 Å². The molecule has 3 rings (SSSR count). The first-order valence-corrected chi connectivity index (χ1v) is 11.1. The van der Waals surface area contributed by atoms with E-state index in [9.17, 15) is 19.7 Å². The first kappa shape index (κ1) is 26.2. The van der Waals surface area contributed by atoms with Crippen molar-refractivity contribution in [1.29, 1.82) is 0 Å². The molecule has 3 aromatic rings. The third kappa shape index (κ3) is 7.28. The summed E-state index contributed by atoms with van der Waals surface area (Å²) in [6.45, 7) is 3.64. The number of carbonyl (C=O) groups is 2. The van der Waals surface area contributed by atoms with Crippen LogP contribution in [-0.4, -0.2) is 35.7 Å². The van der Waals surface area contributed by atoms with Crippen LogP contribution >= 0.6 is 11.6 Å². The zero-order chi connectivity index (χ0) is 26.1. The monoisotopic (exact) mass is 511 g/mol. The number of nitro groups is 1. The van der Waals surface area contributed by atoms with Crippen LogP contribution in [0.3, 0.4) is 0 Å². The highest BCUT2D eigenvalue weighted by atomic mass is 35.5. The van der Waals surface area contributed by atoms with Gasteiger partial charge in [-0.15, -0.1) is 0 Å². The summed E-state index contributed by atoms with van der Waals surface area (Å²) >= 11 is 5.85. The lowest BCUT2D eigenvalue weighted by atomic mass is 10.2. The molecule has 0 unspecified atom stereocenters. The van der Waals surface area contributed by atoms with Crippen molar-refractivity contribution >= 4 is 35.4 Å². The molecule has 36 heavy (non-hydrogen) atoms. The maximum atomic E-state index is 12.4. The molecule has 1 atom stereocenters. The molecular weight excluding hydrogens is 490 g/mol. The molecule has 0 aromatic heterocycles. The molecule has 0 aliphatic rings. The van der Waals surface area contributed by atoms with Gasteiger partial charge in [0.05, 0.1) is 23.3 Å². The molecule has 0 saturated carbocycles. The van der Waals surface area contributed by atoms with E-state index in [1.165, 1.54) is 37.4 Å². The minimum atomic E-state index is -0.905. The number of ether oxygens (including phenoxy) is 3. The summed E-state index contributed by atoms with van der Waals surface area (Å²) in [6.07, 6.45) is 0.487. The van der Waals surface area contributed by atoms with E-state index < -0.39 is 22.9 Å². The van der Waals surface area contributed by atoms with Crippen LogP contribution in [0.1, 0.15) is 29.8 Å². The number of benzene rings is 3. The van der Waals surface area contributed by atoms with E-state index in [1.807, 2.05) is 0 Å². The minimum absolute atomic E-state index is 0.0822. The molecule has 0 spiro atoms. The van der Waals surface area contributed by atoms with Crippen molar-refractivity contribution < 1.29 is 28.7 Å². The van der Waals surface area contributed by atoms with Crippen LogP contribution in [0.2, 0.25) is 5.02 Å². The summed E-state index contributed by atoms with van der Waals surface area (Å²) in [4.78, 5) is 34.9. The van der Waals surface area contributed by atoms with E-state index >= 15 is 0 Å². The Morgan fingerprint density at radius 2 is 1.78 bits per heavy atom. The Kier molecular flexibility index (Phi) is 8.95. The molecule has 0 bridgehead atoms. The van der Waals surface area contributed by atoms with Crippen molar-refractivity contribution in [3.63, 3.8) is 0 Å². The summed E-state index contributed by atoms with van der Waals surface area (Å²) in [5, 5.41) is 15.1. The topological polar surface area (TPSA) is 129 Å². The van der Waals surface area contributed by atoms with Gasteiger partial charge in [0.25, 0.3) is 11.6 Å². The summed E-state index contributed by atoms with van der Waals surface area (Å²) in [6, 6.07) is 16.5. The molecule has 1 amide bonds. The normalized spacial score (nSPS) is 11.5. The Balaban J connectivity index is 1.60. The molecule has 0 fully saturated rings. The third-order valence-electron chi connectivity index (χ3n) is 4.67. The van der Waals surface area contributed by atoms with Gasteiger partial charge in [-0.25, -0.2) is 10.2 Å². The number of nitrogens with one attached hydrogen (secondary N) is 1. The summed E-state index contributed by atoms with van der Waals surface area (Å²) < 4.78 is 16.5. The number of hydrazone groups is 1. The van der Waals surface area contributed by atoms with Crippen LogP contribution in [0.25, 0.3) is 0 Å². The van der Waals surface area contributed by atoms with Crippen LogP contribution in [0, 0.1) is 10.1 Å². The van der Waals surface area contributed by atoms with Crippen molar-refractivity contribution in [2.45, 2.75) is 20.0 Å². The van der Waals surface area contributed by atoms with Gasteiger partial charge in [0.1, 0.15) is 5.75 Å². The summed E-state index contributed by atoms with van der Waals surface area (Å²) in [5.41, 5.74) is 3.19. The lowest BCUT2D eigenvalue weighted by Crippen LogP contribution is -2.33. The number of nitro benzene ring substituents is 1. The maximum absolute atomic E-state index is 12.4. The van der Waals surface area contributed by atoms with Crippen molar-refractivity contribution in [3.8, 4) is 17.2 Å². The van der Waals surface area contributed by atoms with E-state index in [0.717, 1.165) is 0 Å². The molecule has 1 N–H and O–H groups in total. The molecule has 10 nitrogen and oxygen atoms in total. The van der Waals surface area contributed by atoms with Crippen LogP contribution < -0.4 is 19.6 Å².